The van der Waals surface area contributed by atoms with Crippen LogP contribution >= 0.6 is 11.6 Å². The number of halogens is 1. The Bertz CT molecular complexity index is 749. The summed E-state index contributed by atoms with van der Waals surface area (Å²) < 4.78 is 0. The van der Waals surface area contributed by atoms with Gasteiger partial charge in [-0.1, -0.05) is 48.0 Å². The maximum atomic E-state index is 12.4. The van der Waals surface area contributed by atoms with Crippen molar-refractivity contribution in [2.75, 3.05) is 38.0 Å². The van der Waals surface area contributed by atoms with E-state index in [9.17, 15) is 4.79 Å². The summed E-state index contributed by atoms with van der Waals surface area (Å²) in [5.41, 5.74) is 4.30. The zero-order valence-electron chi connectivity index (χ0n) is 15.5. The number of nitrogens with one attached hydrogen (secondary N) is 1. The topological polar surface area (TPSA) is 35.6 Å². The third-order valence-electron chi connectivity index (χ3n) is 4.93. The number of rotatable bonds is 5. The molecule has 5 heteroatoms. The summed E-state index contributed by atoms with van der Waals surface area (Å²) in [6.45, 7) is 9.03. The van der Waals surface area contributed by atoms with Crippen molar-refractivity contribution in [1.82, 2.24) is 9.80 Å². The van der Waals surface area contributed by atoms with Gasteiger partial charge in [0.15, 0.2) is 0 Å². The summed E-state index contributed by atoms with van der Waals surface area (Å²) in [5.74, 6) is 0.0574. The molecule has 1 aliphatic heterocycles. The molecule has 138 valence electrons. The molecule has 3 rings (SSSR count). The zero-order chi connectivity index (χ0) is 18.5. The van der Waals surface area contributed by atoms with E-state index < -0.39 is 0 Å². The van der Waals surface area contributed by atoms with Crippen molar-refractivity contribution >= 4 is 23.2 Å². The van der Waals surface area contributed by atoms with E-state index >= 15 is 0 Å². The van der Waals surface area contributed by atoms with E-state index in [1.54, 1.807) is 0 Å². The monoisotopic (exact) mass is 371 g/mol. The molecule has 0 radical (unpaired) electrons. The van der Waals surface area contributed by atoms with Crippen molar-refractivity contribution in [3.63, 3.8) is 0 Å². The molecular formula is C21H26ClN3O. The molecule has 0 spiro atoms. The Morgan fingerprint density at radius 2 is 1.58 bits per heavy atom. The normalized spacial score (nSPS) is 15.8. The van der Waals surface area contributed by atoms with Gasteiger partial charge in [-0.3, -0.25) is 14.6 Å². The molecule has 1 saturated heterocycles. The summed E-state index contributed by atoms with van der Waals surface area (Å²) in [5, 5.41) is 3.89. The van der Waals surface area contributed by atoms with Gasteiger partial charge in [-0.2, -0.15) is 0 Å². The van der Waals surface area contributed by atoms with Crippen LogP contribution in [0.1, 0.15) is 16.7 Å². The number of anilines is 1. The summed E-state index contributed by atoms with van der Waals surface area (Å²) in [7, 11) is 0. The van der Waals surface area contributed by atoms with Crippen LogP contribution in [0, 0.1) is 13.8 Å². The third kappa shape index (κ3) is 4.85. The largest absolute Gasteiger partial charge is 0.324 e. The molecule has 0 aromatic heterocycles. The van der Waals surface area contributed by atoms with E-state index in [2.05, 4.69) is 21.2 Å². The number of hydrogen-bond donors (Lipinski definition) is 1. The maximum Gasteiger partial charge on any atom is 0.238 e. The van der Waals surface area contributed by atoms with Crippen molar-refractivity contribution in [3.05, 3.63) is 64.2 Å². The quantitative estimate of drug-likeness (QED) is 0.870. The first kappa shape index (κ1) is 18.9. The second-order valence-corrected chi connectivity index (χ2v) is 7.37. The molecule has 26 heavy (non-hydrogen) atoms. The van der Waals surface area contributed by atoms with Crippen molar-refractivity contribution in [2.24, 2.45) is 0 Å². The number of piperazine rings is 1. The minimum atomic E-state index is 0.0574. The number of hydrogen-bond acceptors (Lipinski definition) is 3. The number of para-hydroxylation sites is 1. The predicted octanol–water partition coefficient (Wildman–Crippen LogP) is 3.71. The highest BCUT2D eigenvalue weighted by molar-refractivity contribution is 6.31. The molecular weight excluding hydrogens is 346 g/mol. The molecule has 2 aromatic rings. The van der Waals surface area contributed by atoms with Crippen LogP contribution in [0.15, 0.2) is 42.5 Å². The minimum absolute atomic E-state index is 0.0574. The molecule has 1 aliphatic rings. The van der Waals surface area contributed by atoms with Gasteiger partial charge in [0.25, 0.3) is 0 Å². The Balaban J connectivity index is 1.48. The second-order valence-electron chi connectivity index (χ2n) is 6.96. The fraction of sp³-hybridized carbons (Fsp3) is 0.381. The zero-order valence-corrected chi connectivity index (χ0v) is 16.2. The van der Waals surface area contributed by atoms with Gasteiger partial charge in [0, 0.05) is 43.4 Å². The van der Waals surface area contributed by atoms with Gasteiger partial charge >= 0.3 is 0 Å². The lowest BCUT2D eigenvalue weighted by Gasteiger charge is -2.34. The Morgan fingerprint density at radius 3 is 2.23 bits per heavy atom. The summed E-state index contributed by atoms with van der Waals surface area (Å²) in [6.07, 6.45) is 0. The van der Waals surface area contributed by atoms with Crippen LogP contribution in [-0.4, -0.2) is 48.4 Å². The van der Waals surface area contributed by atoms with Crippen LogP contribution < -0.4 is 5.32 Å². The molecule has 0 bridgehead atoms. The molecule has 0 saturated carbocycles. The number of benzene rings is 2. The average Bonchev–Trinajstić information content (AvgIpc) is 2.62. The molecule has 1 fully saturated rings. The highest BCUT2D eigenvalue weighted by Crippen LogP contribution is 2.20. The minimum Gasteiger partial charge on any atom is -0.324 e. The van der Waals surface area contributed by atoms with Gasteiger partial charge in [-0.05, 0) is 36.6 Å². The Kier molecular flexibility index (Phi) is 6.30. The molecule has 2 aromatic carbocycles. The Morgan fingerprint density at radius 1 is 0.962 bits per heavy atom. The van der Waals surface area contributed by atoms with E-state index in [0.717, 1.165) is 60.1 Å². The van der Waals surface area contributed by atoms with Crippen LogP contribution in [0.4, 0.5) is 5.69 Å². The van der Waals surface area contributed by atoms with Crippen LogP contribution in [0.3, 0.4) is 0 Å². The molecule has 0 unspecified atom stereocenters. The van der Waals surface area contributed by atoms with Gasteiger partial charge in [-0.25, -0.2) is 0 Å². The number of aryl methyl sites for hydroxylation is 2. The molecule has 1 N–H and O–H groups in total. The Hall–Kier alpha value is -1.88. The van der Waals surface area contributed by atoms with E-state index in [-0.39, 0.29) is 5.91 Å². The van der Waals surface area contributed by atoms with Gasteiger partial charge in [0.2, 0.25) is 5.91 Å². The third-order valence-corrected chi connectivity index (χ3v) is 5.30. The van der Waals surface area contributed by atoms with E-state index in [0.29, 0.717) is 6.54 Å². The van der Waals surface area contributed by atoms with Crippen LogP contribution in [0.25, 0.3) is 0 Å². The first-order valence-corrected chi connectivity index (χ1v) is 9.45. The van der Waals surface area contributed by atoms with Crippen LogP contribution in [0.2, 0.25) is 5.02 Å². The van der Waals surface area contributed by atoms with Gasteiger partial charge in [-0.15, -0.1) is 0 Å². The molecule has 1 heterocycles. The lowest BCUT2D eigenvalue weighted by atomic mass is 10.1. The Labute approximate surface area is 160 Å². The van der Waals surface area contributed by atoms with Crippen LogP contribution in [0.5, 0.6) is 0 Å². The summed E-state index contributed by atoms with van der Waals surface area (Å²) in [6, 6.07) is 14.1. The van der Waals surface area contributed by atoms with Gasteiger partial charge in [0.05, 0.1) is 6.54 Å². The SMILES string of the molecule is Cc1cccc(C)c1NC(=O)CN1CCN(Cc2ccccc2Cl)CC1. The predicted molar refractivity (Wildman–Crippen MR) is 108 cm³/mol. The lowest BCUT2D eigenvalue weighted by Crippen LogP contribution is -2.48. The smallest absolute Gasteiger partial charge is 0.238 e. The number of amides is 1. The first-order valence-electron chi connectivity index (χ1n) is 9.07. The van der Waals surface area contributed by atoms with Crippen molar-refractivity contribution in [3.8, 4) is 0 Å². The lowest BCUT2D eigenvalue weighted by molar-refractivity contribution is -0.117. The van der Waals surface area contributed by atoms with E-state index in [4.69, 9.17) is 11.6 Å². The fourth-order valence-electron chi connectivity index (χ4n) is 3.37. The second kappa shape index (κ2) is 8.67. The molecule has 0 aliphatic carbocycles. The van der Waals surface area contributed by atoms with Gasteiger partial charge < -0.3 is 5.32 Å². The maximum absolute atomic E-state index is 12.4. The number of carbonyl (C=O) groups excluding carboxylic acids is 1. The number of carbonyl (C=O) groups is 1. The number of nitrogens with zero attached hydrogens (tertiary/aromatic N) is 2. The van der Waals surface area contributed by atoms with Crippen molar-refractivity contribution in [1.29, 1.82) is 0 Å². The first-order chi connectivity index (χ1) is 12.5. The van der Waals surface area contributed by atoms with Gasteiger partial charge in [0.1, 0.15) is 0 Å². The fourth-order valence-corrected chi connectivity index (χ4v) is 3.56. The van der Waals surface area contributed by atoms with Crippen molar-refractivity contribution in [2.45, 2.75) is 20.4 Å². The molecule has 0 atom stereocenters. The summed E-state index contributed by atoms with van der Waals surface area (Å²) in [4.78, 5) is 17.0. The molecule has 4 nitrogen and oxygen atoms in total. The summed E-state index contributed by atoms with van der Waals surface area (Å²) >= 11 is 6.25. The van der Waals surface area contributed by atoms with Crippen molar-refractivity contribution < 1.29 is 4.79 Å². The highest BCUT2D eigenvalue weighted by atomic mass is 35.5. The average molecular weight is 372 g/mol. The van der Waals surface area contributed by atoms with E-state index in [1.807, 2.05) is 50.2 Å². The highest BCUT2D eigenvalue weighted by Gasteiger charge is 2.20. The van der Waals surface area contributed by atoms with E-state index in [1.165, 1.54) is 0 Å². The standard InChI is InChI=1S/C21H26ClN3O/c1-16-6-5-7-17(2)21(16)23-20(26)15-25-12-10-24(11-13-25)14-18-8-3-4-9-19(18)22/h3-9H,10-15H2,1-2H3,(H,23,26). The molecule has 1 amide bonds. The van der Waals surface area contributed by atoms with Crippen LogP contribution in [-0.2, 0) is 11.3 Å².